The van der Waals surface area contributed by atoms with Crippen molar-refractivity contribution in [3.05, 3.63) is 71.8 Å². The molecule has 22 heavy (non-hydrogen) atoms. The van der Waals surface area contributed by atoms with Crippen LogP contribution < -0.4 is 5.32 Å². The molecule has 0 aliphatic rings. The number of benzene rings is 2. The number of carbonyl (C=O) groups is 2. The minimum atomic E-state index is -0.412. The number of nitrogens with one attached hydrogen (secondary N) is 1. The highest BCUT2D eigenvalue weighted by Gasteiger charge is 2.08. The summed E-state index contributed by atoms with van der Waals surface area (Å²) in [7, 11) is 1.35. The summed E-state index contributed by atoms with van der Waals surface area (Å²) in [5.74, 6) is -0.536. The number of amides is 1. The molecule has 1 N–H and O–H groups in total. The van der Waals surface area contributed by atoms with Gasteiger partial charge in [0.25, 0.3) is 0 Å². The van der Waals surface area contributed by atoms with Gasteiger partial charge in [-0.15, -0.1) is 0 Å². The summed E-state index contributed by atoms with van der Waals surface area (Å²) in [6, 6.07) is 16.9. The number of rotatable bonds is 4. The molecule has 0 aliphatic carbocycles. The molecule has 2 aromatic carbocycles. The number of methoxy groups -OCH3 is 1. The summed E-state index contributed by atoms with van der Waals surface area (Å²) >= 11 is 0. The van der Waals surface area contributed by atoms with Crippen molar-refractivity contribution in [2.24, 2.45) is 0 Å². The predicted molar refractivity (Wildman–Crippen MR) is 86.3 cm³/mol. The SMILES string of the molecule is COC(=O)/C=C(\c1ccccc1)c1ccc(NC(C)=O)cc1. The minimum Gasteiger partial charge on any atom is -0.466 e. The first-order valence-electron chi connectivity index (χ1n) is 6.83. The third-order valence-corrected chi connectivity index (χ3v) is 3.06. The van der Waals surface area contributed by atoms with Crippen LogP contribution in [0.4, 0.5) is 5.69 Å². The Bertz CT molecular complexity index is 688. The van der Waals surface area contributed by atoms with Crippen molar-refractivity contribution in [2.75, 3.05) is 12.4 Å². The third-order valence-electron chi connectivity index (χ3n) is 3.06. The lowest BCUT2D eigenvalue weighted by Crippen LogP contribution is -2.05. The van der Waals surface area contributed by atoms with Gasteiger partial charge in [0.1, 0.15) is 0 Å². The monoisotopic (exact) mass is 295 g/mol. The van der Waals surface area contributed by atoms with Gasteiger partial charge in [-0.2, -0.15) is 0 Å². The third kappa shape index (κ3) is 4.06. The smallest absolute Gasteiger partial charge is 0.331 e. The lowest BCUT2D eigenvalue weighted by molar-refractivity contribution is -0.134. The van der Waals surface area contributed by atoms with Gasteiger partial charge in [-0.05, 0) is 28.8 Å². The van der Waals surface area contributed by atoms with E-state index in [1.54, 1.807) is 12.1 Å². The van der Waals surface area contributed by atoms with Crippen LogP contribution in [0.3, 0.4) is 0 Å². The van der Waals surface area contributed by atoms with Gasteiger partial charge in [0, 0.05) is 18.7 Å². The second-order valence-corrected chi connectivity index (χ2v) is 4.71. The molecule has 2 rings (SSSR count). The molecule has 0 spiro atoms. The molecule has 0 aliphatic heterocycles. The van der Waals surface area contributed by atoms with E-state index >= 15 is 0 Å². The van der Waals surface area contributed by atoms with E-state index in [1.807, 2.05) is 42.5 Å². The molecule has 0 aromatic heterocycles. The van der Waals surface area contributed by atoms with Crippen molar-refractivity contribution >= 4 is 23.1 Å². The molecule has 1 amide bonds. The van der Waals surface area contributed by atoms with Crippen LogP contribution in [-0.2, 0) is 14.3 Å². The highest BCUT2D eigenvalue weighted by atomic mass is 16.5. The number of carbonyl (C=O) groups excluding carboxylic acids is 2. The van der Waals surface area contributed by atoms with Gasteiger partial charge in [-0.25, -0.2) is 4.79 Å². The molecule has 4 nitrogen and oxygen atoms in total. The Kier molecular flexibility index (Phi) is 5.09. The van der Waals surface area contributed by atoms with Gasteiger partial charge in [-0.3, -0.25) is 4.79 Å². The van der Waals surface area contributed by atoms with Crippen LogP contribution in [0.1, 0.15) is 18.1 Å². The van der Waals surface area contributed by atoms with Crippen molar-refractivity contribution in [1.82, 2.24) is 0 Å². The fraction of sp³-hybridized carbons (Fsp3) is 0.111. The van der Waals surface area contributed by atoms with Crippen LogP contribution in [0.15, 0.2) is 60.7 Å². The molecule has 0 unspecified atom stereocenters. The van der Waals surface area contributed by atoms with Crippen molar-refractivity contribution in [3.8, 4) is 0 Å². The zero-order valence-electron chi connectivity index (χ0n) is 12.5. The van der Waals surface area contributed by atoms with Gasteiger partial charge >= 0.3 is 5.97 Å². The van der Waals surface area contributed by atoms with E-state index in [0.717, 1.165) is 16.7 Å². The zero-order valence-corrected chi connectivity index (χ0v) is 12.5. The number of hydrogen-bond donors (Lipinski definition) is 1. The Morgan fingerprint density at radius 1 is 0.955 bits per heavy atom. The van der Waals surface area contributed by atoms with E-state index < -0.39 is 5.97 Å². The first kappa shape index (κ1) is 15.5. The second-order valence-electron chi connectivity index (χ2n) is 4.71. The van der Waals surface area contributed by atoms with Gasteiger partial charge < -0.3 is 10.1 Å². The van der Waals surface area contributed by atoms with E-state index in [0.29, 0.717) is 5.69 Å². The topological polar surface area (TPSA) is 55.4 Å². The lowest BCUT2D eigenvalue weighted by atomic mass is 9.97. The molecule has 0 saturated heterocycles. The van der Waals surface area contributed by atoms with Crippen LogP contribution in [-0.4, -0.2) is 19.0 Å². The quantitative estimate of drug-likeness (QED) is 0.696. The maximum absolute atomic E-state index is 11.6. The molecule has 0 fully saturated rings. The molecular formula is C18H17NO3. The maximum atomic E-state index is 11.6. The van der Waals surface area contributed by atoms with Crippen molar-refractivity contribution in [2.45, 2.75) is 6.92 Å². The van der Waals surface area contributed by atoms with Gasteiger partial charge in [0.05, 0.1) is 7.11 Å². The highest BCUT2D eigenvalue weighted by Crippen LogP contribution is 2.24. The van der Waals surface area contributed by atoms with Crippen LogP contribution >= 0.6 is 0 Å². The predicted octanol–water partition coefficient (Wildman–Crippen LogP) is 3.25. The van der Waals surface area contributed by atoms with E-state index in [2.05, 4.69) is 5.32 Å². The van der Waals surface area contributed by atoms with E-state index in [-0.39, 0.29) is 5.91 Å². The zero-order chi connectivity index (χ0) is 15.9. The average Bonchev–Trinajstić information content (AvgIpc) is 2.53. The fourth-order valence-electron chi connectivity index (χ4n) is 2.06. The summed E-state index contributed by atoms with van der Waals surface area (Å²) in [6.07, 6.45) is 1.46. The Morgan fingerprint density at radius 2 is 1.55 bits per heavy atom. The normalized spacial score (nSPS) is 10.9. The number of anilines is 1. The van der Waals surface area contributed by atoms with Crippen molar-refractivity contribution < 1.29 is 14.3 Å². The molecule has 0 atom stereocenters. The average molecular weight is 295 g/mol. The lowest BCUT2D eigenvalue weighted by Gasteiger charge is -2.09. The van der Waals surface area contributed by atoms with Crippen LogP contribution in [0.2, 0.25) is 0 Å². The summed E-state index contributed by atoms with van der Waals surface area (Å²) in [5.41, 5.74) is 3.26. The largest absolute Gasteiger partial charge is 0.466 e. The van der Waals surface area contributed by atoms with Gasteiger partial charge in [-0.1, -0.05) is 42.5 Å². The molecule has 0 radical (unpaired) electrons. The van der Waals surface area contributed by atoms with Crippen LogP contribution in [0.25, 0.3) is 5.57 Å². The minimum absolute atomic E-state index is 0.124. The molecule has 2 aromatic rings. The van der Waals surface area contributed by atoms with E-state index in [9.17, 15) is 9.59 Å². The van der Waals surface area contributed by atoms with Crippen molar-refractivity contribution in [3.63, 3.8) is 0 Å². The molecule has 4 heteroatoms. The Morgan fingerprint density at radius 3 is 2.09 bits per heavy atom. The fourth-order valence-corrected chi connectivity index (χ4v) is 2.06. The van der Waals surface area contributed by atoms with Crippen LogP contribution in [0, 0.1) is 0 Å². The van der Waals surface area contributed by atoms with Crippen molar-refractivity contribution in [1.29, 1.82) is 0 Å². The number of hydrogen-bond acceptors (Lipinski definition) is 3. The summed E-state index contributed by atoms with van der Waals surface area (Å²) < 4.78 is 4.73. The second kappa shape index (κ2) is 7.22. The molecule has 0 bridgehead atoms. The van der Waals surface area contributed by atoms with Gasteiger partial charge in [0.2, 0.25) is 5.91 Å². The van der Waals surface area contributed by atoms with E-state index in [4.69, 9.17) is 4.74 Å². The maximum Gasteiger partial charge on any atom is 0.331 e. The Labute approximate surface area is 129 Å². The number of ether oxygens (including phenoxy) is 1. The summed E-state index contributed by atoms with van der Waals surface area (Å²) in [5, 5.41) is 2.71. The molecule has 0 heterocycles. The van der Waals surface area contributed by atoms with Gasteiger partial charge in [0.15, 0.2) is 0 Å². The summed E-state index contributed by atoms with van der Waals surface area (Å²) in [4.78, 5) is 22.7. The Balaban J connectivity index is 2.39. The van der Waals surface area contributed by atoms with Crippen LogP contribution in [0.5, 0.6) is 0 Å². The number of esters is 1. The van der Waals surface area contributed by atoms with E-state index in [1.165, 1.54) is 20.1 Å². The first-order chi connectivity index (χ1) is 10.6. The highest BCUT2D eigenvalue weighted by molar-refractivity contribution is 5.96. The standard InChI is InChI=1S/C18H17NO3/c1-13(20)19-16-10-8-15(9-11-16)17(12-18(21)22-2)14-6-4-3-5-7-14/h3-12H,1-2H3,(H,19,20)/b17-12+. The Hall–Kier alpha value is -2.88. The molecular weight excluding hydrogens is 278 g/mol. The first-order valence-corrected chi connectivity index (χ1v) is 6.83. The molecule has 0 saturated carbocycles. The summed E-state index contributed by atoms with van der Waals surface area (Å²) in [6.45, 7) is 1.46. The molecule has 112 valence electrons.